The van der Waals surface area contributed by atoms with Gasteiger partial charge in [0.2, 0.25) is 0 Å². The van der Waals surface area contributed by atoms with Crippen molar-refractivity contribution in [1.29, 1.82) is 0 Å². The van der Waals surface area contributed by atoms with Gasteiger partial charge in [0.15, 0.2) is 0 Å². The molecule has 1 N–H and O–H groups in total. The fourth-order valence-electron chi connectivity index (χ4n) is 1.69. The predicted molar refractivity (Wildman–Crippen MR) is 75.0 cm³/mol. The van der Waals surface area contributed by atoms with Gasteiger partial charge < -0.3 is 5.32 Å². The molecule has 16 heavy (non-hydrogen) atoms. The Balaban J connectivity index is 2.32. The zero-order valence-corrected chi connectivity index (χ0v) is 11.7. The number of allylic oxidation sites excluding steroid dienone is 1. The lowest BCUT2D eigenvalue weighted by Crippen LogP contribution is -2.20. The van der Waals surface area contributed by atoms with Crippen LogP contribution in [-0.2, 0) is 0 Å². The maximum atomic E-state index is 3.46. The van der Waals surface area contributed by atoms with Crippen LogP contribution in [0, 0.1) is 12.8 Å². The Labute approximate surface area is 104 Å². The first-order valence-electron chi connectivity index (χ1n) is 6.03. The van der Waals surface area contributed by atoms with E-state index < -0.39 is 0 Å². The lowest BCUT2D eigenvalue weighted by Gasteiger charge is -2.06. The van der Waals surface area contributed by atoms with Gasteiger partial charge >= 0.3 is 0 Å². The minimum absolute atomic E-state index is 0.740. The van der Waals surface area contributed by atoms with Gasteiger partial charge in [-0.05, 0) is 61.9 Å². The quantitative estimate of drug-likeness (QED) is 0.735. The Hall–Kier alpha value is -0.600. The van der Waals surface area contributed by atoms with E-state index in [2.05, 4.69) is 50.5 Å². The molecule has 2 heteroatoms. The van der Waals surface area contributed by atoms with Crippen molar-refractivity contribution in [1.82, 2.24) is 5.32 Å². The molecule has 1 heterocycles. The Morgan fingerprint density at radius 3 is 2.81 bits per heavy atom. The molecule has 0 saturated heterocycles. The molecule has 0 aliphatic rings. The molecule has 0 amide bonds. The minimum Gasteiger partial charge on any atom is -0.316 e. The van der Waals surface area contributed by atoms with Crippen molar-refractivity contribution in [2.45, 2.75) is 34.1 Å². The Morgan fingerprint density at radius 1 is 1.50 bits per heavy atom. The molecule has 1 nitrogen and oxygen atoms in total. The van der Waals surface area contributed by atoms with E-state index in [-0.39, 0.29) is 0 Å². The highest BCUT2D eigenvalue weighted by Crippen LogP contribution is 2.23. The number of nitrogens with one attached hydrogen (secondary N) is 1. The summed E-state index contributed by atoms with van der Waals surface area (Å²) < 4.78 is 0. The fourth-order valence-corrected chi connectivity index (χ4v) is 2.45. The maximum absolute atomic E-state index is 3.46. The van der Waals surface area contributed by atoms with Crippen LogP contribution in [0.3, 0.4) is 0 Å². The second kappa shape index (κ2) is 6.87. The third-order valence-corrected chi connectivity index (χ3v) is 3.45. The van der Waals surface area contributed by atoms with E-state index in [4.69, 9.17) is 0 Å². The highest BCUT2D eigenvalue weighted by molar-refractivity contribution is 7.10. The summed E-state index contributed by atoms with van der Waals surface area (Å²) in [7, 11) is 0. The number of hydrogen-bond acceptors (Lipinski definition) is 2. The molecule has 0 spiro atoms. The van der Waals surface area contributed by atoms with Gasteiger partial charge in [-0.2, -0.15) is 0 Å². The molecule has 0 atom stereocenters. The van der Waals surface area contributed by atoms with Gasteiger partial charge in [0.1, 0.15) is 0 Å². The summed E-state index contributed by atoms with van der Waals surface area (Å²) in [6.45, 7) is 11.1. The van der Waals surface area contributed by atoms with Crippen LogP contribution in [0.2, 0.25) is 0 Å². The van der Waals surface area contributed by atoms with E-state index in [0.717, 1.165) is 25.4 Å². The van der Waals surface area contributed by atoms with E-state index >= 15 is 0 Å². The van der Waals surface area contributed by atoms with Crippen LogP contribution in [0.5, 0.6) is 0 Å². The van der Waals surface area contributed by atoms with Gasteiger partial charge in [0.05, 0.1) is 0 Å². The van der Waals surface area contributed by atoms with Gasteiger partial charge in [0.25, 0.3) is 0 Å². The van der Waals surface area contributed by atoms with Crippen molar-refractivity contribution in [3.8, 4) is 0 Å². The second-order valence-corrected chi connectivity index (χ2v) is 5.78. The number of thiophene rings is 1. The molecule has 1 rings (SSSR count). The lowest BCUT2D eigenvalue weighted by molar-refractivity contribution is 0.557. The van der Waals surface area contributed by atoms with E-state index in [9.17, 15) is 0 Å². The number of aryl methyl sites for hydroxylation is 1. The largest absolute Gasteiger partial charge is 0.316 e. The van der Waals surface area contributed by atoms with Gasteiger partial charge in [-0.25, -0.2) is 0 Å². The molecule has 90 valence electrons. The molecule has 0 radical (unpaired) electrons. The summed E-state index contributed by atoms with van der Waals surface area (Å²) in [5, 5.41) is 5.62. The molecule has 0 aliphatic heterocycles. The number of hydrogen-bond donors (Lipinski definition) is 1. The molecule has 1 aromatic heterocycles. The first kappa shape index (κ1) is 13.5. The Kier molecular flexibility index (Phi) is 5.78. The second-order valence-electron chi connectivity index (χ2n) is 4.66. The van der Waals surface area contributed by atoms with Crippen LogP contribution < -0.4 is 5.32 Å². The monoisotopic (exact) mass is 237 g/mol. The Bertz CT molecular complexity index is 336. The molecular formula is C14H23NS. The maximum Gasteiger partial charge on any atom is 0.00891 e. The average Bonchev–Trinajstić information content (AvgIpc) is 2.63. The first-order chi connectivity index (χ1) is 7.61. The molecule has 0 unspecified atom stereocenters. The zero-order chi connectivity index (χ0) is 12.0. The van der Waals surface area contributed by atoms with E-state index in [1.54, 1.807) is 0 Å². The van der Waals surface area contributed by atoms with E-state index in [1.807, 2.05) is 11.3 Å². The third-order valence-electron chi connectivity index (χ3n) is 2.61. The normalized spacial score (nSPS) is 12.4. The Morgan fingerprint density at radius 2 is 2.25 bits per heavy atom. The fraction of sp³-hybridized carbons (Fsp3) is 0.571. The van der Waals surface area contributed by atoms with Crippen molar-refractivity contribution >= 4 is 16.9 Å². The van der Waals surface area contributed by atoms with Crippen molar-refractivity contribution < 1.29 is 0 Å². The highest BCUT2D eigenvalue weighted by atomic mass is 32.1. The summed E-state index contributed by atoms with van der Waals surface area (Å²) in [4.78, 5) is 1.42. The van der Waals surface area contributed by atoms with Gasteiger partial charge in [-0.15, -0.1) is 11.3 Å². The standard InChI is InChI=1S/C14H23NS/c1-11(2)10-15-8-5-6-12(3)14-7-9-16-13(14)4/h6-7,9,11,15H,5,8,10H2,1-4H3/b12-6-. The summed E-state index contributed by atoms with van der Waals surface area (Å²) in [5.41, 5.74) is 2.82. The van der Waals surface area contributed by atoms with Crippen molar-refractivity contribution in [3.63, 3.8) is 0 Å². The van der Waals surface area contributed by atoms with Crippen LogP contribution in [-0.4, -0.2) is 13.1 Å². The predicted octanol–water partition coefficient (Wildman–Crippen LogP) is 4.10. The summed E-state index contributed by atoms with van der Waals surface area (Å²) in [6.07, 6.45) is 3.45. The van der Waals surface area contributed by atoms with Crippen LogP contribution in [0.1, 0.15) is 37.6 Å². The topological polar surface area (TPSA) is 12.0 Å². The SMILES string of the molecule is C/C(=C/CCNCC(C)C)c1ccsc1C. The van der Waals surface area contributed by atoms with Gasteiger partial charge in [-0.3, -0.25) is 0 Å². The lowest BCUT2D eigenvalue weighted by atomic mass is 10.1. The molecule has 0 fully saturated rings. The molecular weight excluding hydrogens is 214 g/mol. The molecule has 0 aliphatic carbocycles. The van der Waals surface area contributed by atoms with Crippen LogP contribution >= 0.6 is 11.3 Å². The third kappa shape index (κ3) is 4.50. The van der Waals surface area contributed by atoms with E-state index in [1.165, 1.54) is 16.0 Å². The van der Waals surface area contributed by atoms with Crippen molar-refractivity contribution in [2.24, 2.45) is 5.92 Å². The zero-order valence-electron chi connectivity index (χ0n) is 10.8. The van der Waals surface area contributed by atoms with Crippen LogP contribution in [0.4, 0.5) is 0 Å². The van der Waals surface area contributed by atoms with Crippen molar-refractivity contribution in [2.75, 3.05) is 13.1 Å². The van der Waals surface area contributed by atoms with Crippen molar-refractivity contribution in [3.05, 3.63) is 28.0 Å². The van der Waals surface area contributed by atoms with Gasteiger partial charge in [-0.1, -0.05) is 19.9 Å². The molecule has 0 aromatic carbocycles. The summed E-state index contributed by atoms with van der Waals surface area (Å²) >= 11 is 1.82. The number of rotatable bonds is 6. The first-order valence-corrected chi connectivity index (χ1v) is 6.91. The van der Waals surface area contributed by atoms with Crippen LogP contribution in [0.25, 0.3) is 5.57 Å². The molecule has 1 aromatic rings. The highest BCUT2D eigenvalue weighted by Gasteiger charge is 2.00. The van der Waals surface area contributed by atoms with Crippen LogP contribution in [0.15, 0.2) is 17.5 Å². The molecule has 0 bridgehead atoms. The molecule has 0 saturated carbocycles. The van der Waals surface area contributed by atoms with Gasteiger partial charge in [0, 0.05) is 4.88 Å². The summed E-state index contributed by atoms with van der Waals surface area (Å²) in [6, 6.07) is 2.22. The summed E-state index contributed by atoms with van der Waals surface area (Å²) in [5.74, 6) is 0.740. The minimum atomic E-state index is 0.740. The van der Waals surface area contributed by atoms with E-state index in [0.29, 0.717) is 0 Å². The average molecular weight is 237 g/mol. The smallest absolute Gasteiger partial charge is 0.00891 e.